The lowest BCUT2D eigenvalue weighted by Gasteiger charge is -2.18. The van der Waals surface area contributed by atoms with Crippen LogP contribution in [0.3, 0.4) is 0 Å². The van der Waals surface area contributed by atoms with E-state index in [9.17, 15) is 5.11 Å². The molecule has 1 heterocycles. The summed E-state index contributed by atoms with van der Waals surface area (Å²) in [6, 6.07) is 3.92. The number of aromatic nitrogens is 1. The van der Waals surface area contributed by atoms with E-state index in [0.29, 0.717) is 5.92 Å². The first kappa shape index (κ1) is 11.2. The molecule has 0 amide bonds. The van der Waals surface area contributed by atoms with Crippen molar-refractivity contribution < 1.29 is 5.11 Å². The molecule has 2 heteroatoms. The second-order valence-corrected chi connectivity index (χ2v) is 4.01. The zero-order valence-corrected chi connectivity index (χ0v) is 9.41. The second kappa shape index (κ2) is 4.56. The van der Waals surface area contributed by atoms with Crippen LogP contribution in [-0.2, 0) is 0 Å². The molecule has 0 fully saturated rings. The van der Waals surface area contributed by atoms with Gasteiger partial charge in [0, 0.05) is 11.4 Å². The van der Waals surface area contributed by atoms with Gasteiger partial charge in [-0.3, -0.25) is 4.98 Å². The summed E-state index contributed by atoms with van der Waals surface area (Å²) in [6.45, 7) is 8.07. The van der Waals surface area contributed by atoms with Crippen LogP contribution < -0.4 is 0 Å². The number of nitrogens with zero attached hydrogens (tertiary/aromatic N) is 1. The molecule has 1 aromatic rings. The summed E-state index contributed by atoms with van der Waals surface area (Å²) in [5.74, 6) is 0.302. The lowest BCUT2D eigenvalue weighted by Crippen LogP contribution is -2.09. The molecule has 0 saturated carbocycles. The fourth-order valence-corrected chi connectivity index (χ4v) is 1.59. The first-order valence-electron chi connectivity index (χ1n) is 5.17. The van der Waals surface area contributed by atoms with Crippen molar-refractivity contribution in [3.8, 4) is 0 Å². The van der Waals surface area contributed by atoms with Gasteiger partial charge in [0.25, 0.3) is 0 Å². The summed E-state index contributed by atoms with van der Waals surface area (Å²) in [5, 5.41) is 10.0. The lowest BCUT2D eigenvalue weighted by atomic mass is 9.95. The summed E-state index contributed by atoms with van der Waals surface area (Å²) in [6.07, 6.45) is 0.627. The van der Waals surface area contributed by atoms with Crippen LogP contribution in [0.5, 0.6) is 0 Å². The van der Waals surface area contributed by atoms with E-state index in [2.05, 4.69) is 18.8 Å². The van der Waals surface area contributed by atoms with Crippen molar-refractivity contribution in [1.29, 1.82) is 0 Å². The normalized spacial score (nSPS) is 15.2. The Balaban J connectivity index is 2.94. The molecule has 0 bridgehead atoms. The number of aryl methyl sites for hydroxylation is 2. The Morgan fingerprint density at radius 3 is 2.21 bits per heavy atom. The minimum absolute atomic E-state index is 0.302. The van der Waals surface area contributed by atoms with E-state index in [1.807, 2.05) is 26.0 Å². The zero-order valence-electron chi connectivity index (χ0n) is 9.41. The van der Waals surface area contributed by atoms with Gasteiger partial charge in [-0.1, -0.05) is 20.3 Å². The molecule has 78 valence electrons. The Morgan fingerprint density at radius 1 is 1.29 bits per heavy atom. The average molecular weight is 193 g/mol. The molecule has 2 unspecified atom stereocenters. The molecule has 1 rings (SSSR count). The van der Waals surface area contributed by atoms with Crippen LogP contribution in [0.1, 0.15) is 43.3 Å². The largest absolute Gasteiger partial charge is 0.388 e. The lowest BCUT2D eigenvalue weighted by molar-refractivity contribution is 0.115. The first-order chi connectivity index (χ1) is 6.54. The van der Waals surface area contributed by atoms with Gasteiger partial charge in [0.15, 0.2) is 0 Å². The molecule has 0 aliphatic heterocycles. The fraction of sp³-hybridized carbons (Fsp3) is 0.583. The monoisotopic (exact) mass is 193 g/mol. The molecule has 2 atom stereocenters. The van der Waals surface area contributed by atoms with Crippen molar-refractivity contribution in [3.63, 3.8) is 0 Å². The molecule has 0 aliphatic carbocycles. The molecule has 1 N–H and O–H groups in total. The highest BCUT2D eigenvalue weighted by Gasteiger charge is 2.15. The summed E-state index contributed by atoms with van der Waals surface area (Å²) in [7, 11) is 0. The standard InChI is InChI=1S/C12H19NO/c1-5-8(2)12(14)11-6-9(3)13-10(4)7-11/h6-8,12,14H,5H2,1-4H3. The van der Waals surface area contributed by atoms with E-state index in [0.717, 1.165) is 23.4 Å². The highest BCUT2D eigenvalue weighted by molar-refractivity contribution is 5.22. The third kappa shape index (κ3) is 2.55. The Labute approximate surface area is 86.0 Å². The number of hydrogen-bond acceptors (Lipinski definition) is 2. The van der Waals surface area contributed by atoms with Gasteiger partial charge in [0.05, 0.1) is 6.10 Å². The number of rotatable bonds is 3. The Kier molecular flexibility index (Phi) is 3.64. The SMILES string of the molecule is CCC(C)C(O)c1cc(C)nc(C)c1. The quantitative estimate of drug-likeness (QED) is 0.800. The van der Waals surface area contributed by atoms with Crippen LogP contribution in [0.25, 0.3) is 0 Å². The van der Waals surface area contributed by atoms with Crippen LogP contribution in [0, 0.1) is 19.8 Å². The van der Waals surface area contributed by atoms with E-state index in [1.54, 1.807) is 0 Å². The summed E-state index contributed by atoms with van der Waals surface area (Å²) >= 11 is 0. The maximum atomic E-state index is 10.0. The van der Waals surface area contributed by atoms with Gasteiger partial charge in [-0.25, -0.2) is 0 Å². The van der Waals surface area contributed by atoms with Gasteiger partial charge in [-0.15, -0.1) is 0 Å². The van der Waals surface area contributed by atoms with E-state index in [4.69, 9.17) is 0 Å². The Bertz CT molecular complexity index is 289. The van der Waals surface area contributed by atoms with Crippen LogP contribution in [0.15, 0.2) is 12.1 Å². The van der Waals surface area contributed by atoms with Crippen molar-refractivity contribution in [1.82, 2.24) is 4.98 Å². The smallest absolute Gasteiger partial charge is 0.0816 e. The first-order valence-corrected chi connectivity index (χ1v) is 5.17. The van der Waals surface area contributed by atoms with Gasteiger partial charge in [-0.05, 0) is 37.5 Å². The number of aliphatic hydroxyl groups excluding tert-OH is 1. The third-order valence-corrected chi connectivity index (χ3v) is 2.63. The highest BCUT2D eigenvalue weighted by Crippen LogP contribution is 2.24. The van der Waals surface area contributed by atoms with Gasteiger partial charge in [-0.2, -0.15) is 0 Å². The summed E-state index contributed by atoms with van der Waals surface area (Å²) in [4.78, 5) is 4.29. The molecule has 0 saturated heterocycles. The molecule has 0 spiro atoms. The second-order valence-electron chi connectivity index (χ2n) is 4.01. The number of aliphatic hydroxyl groups is 1. The van der Waals surface area contributed by atoms with Crippen molar-refractivity contribution >= 4 is 0 Å². The highest BCUT2D eigenvalue weighted by atomic mass is 16.3. The van der Waals surface area contributed by atoms with Gasteiger partial charge < -0.3 is 5.11 Å². The van der Waals surface area contributed by atoms with Crippen molar-refractivity contribution in [2.45, 2.75) is 40.2 Å². The van der Waals surface area contributed by atoms with Crippen molar-refractivity contribution in [3.05, 3.63) is 29.1 Å². The fourth-order valence-electron chi connectivity index (χ4n) is 1.59. The molecule has 0 radical (unpaired) electrons. The topological polar surface area (TPSA) is 33.1 Å². The predicted octanol–water partition coefficient (Wildman–Crippen LogP) is 2.78. The molecule has 1 aromatic heterocycles. The average Bonchev–Trinajstić information content (AvgIpc) is 2.14. The minimum Gasteiger partial charge on any atom is -0.388 e. The number of pyridine rings is 1. The van der Waals surface area contributed by atoms with E-state index in [1.165, 1.54) is 0 Å². The molecule has 0 aliphatic rings. The van der Waals surface area contributed by atoms with Gasteiger partial charge in [0.1, 0.15) is 0 Å². The molecule has 0 aromatic carbocycles. The molecule has 2 nitrogen and oxygen atoms in total. The maximum absolute atomic E-state index is 10.0. The van der Waals surface area contributed by atoms with Crippen LogP contribution in [0.4, 0.5) is 0 Å². The molecule has 14 heavy (non-hydrogen) atoms. The van der Waals surface area contributed by atoms with E-state index < -0.39 is 0 Å². The van der Waals surface area contributed by atoms with Crippen molar-refractivity contribution in [2.75, 3.05) is 0 Å². The molecular weight excluding hydrogens is 174 g/mol. The van der Waals surface area contributed by atoms with Crippen LogP contribution in [0.2, 0.25) is 0 Å². The van der Waals surface area contributed by atoms with E-state index >= 15 is 0 Å². The number of hydrogen-bond donors (Lipinski definition) is 1. The Hall–Kier alpha value is -0.890. The maximum Gasteiger partial charge on any atom is 0.0816 e. The van der Waals surface area contributed by atoms with Crippen LogP contribution in [-0.4, -0.2) is 10.1 Å². The summed E-state index contributed by atoms with van der Waals surface area (Å²) in [5.41, 5.74) is 2.94. The van der Waals surface area contributed by atoms with Crippen LogP contribution >= 0.6 is 0 Å². The zero-order chi connectivity index (χ0) is 10.7. The van der Waals surface area contributed by atoms with Crippen molar-refractivity contribution in [2.24, 2.45) is 5.92 Å². The third-order valence-electron chi connectivity index (χ3n) is 2.63. The van der Waals surface area contributed by atoms with Gasteiger partial charge in [0.2, 0.25) is 0 Å². The summed E-state index contributed by atoms with van der Waals surface area (Å²) < 4.78 is 0. The van der Waals surface area contributed by atoms with Gasteiger partial charge >= 0.3 is 0 Å². The molecular formula is C12H19NO. The Morgan fingerprint density at radius 2 is 1.79 bits per heavy atom. The minimum atomic E-state index is -0.361. The predicted molar refractivity (Wildman–Crippen MR) is 58.1 cm³/mol. The van der Waals surface area contributed by atoms with E-state index in [-0.39, 0.29) is 6.10 Å².